The van der Waals surface area contributed by atoms with Crippen LogP contribution >= 0.6 is 0 Å². The first kappa shape index (κ1) is 15.7. The number of carbonyl (C=O) groups is 1. The van der Waals surface area contributed by atoms with Crippen LogP contribution < -0.4 is 10.1 Å². The minimum Gasteiger partial charge on any atom is -0.479 e. The lowest BCUT2D eigenvalue weighted by atomic mass is 10.2. The number of ether oxygens (including phenoxy) is 2. The number of carbonyl (C=O) groups excluding carboxylic acids is 1. The molecule has 0 aromatic heterocycles. The number of nitriles is 1. The Morgan fingerprint density at radius 3 is 2.75 bits per heavy atom. The summed E-state index contributed by atoms with van der Waals surface area (Å²) in [6.07, 6.45) is 3.18. The Bertz CT molecular complexity index is 489. The summed E-state index contributed by atoms with van der Waals surface area (Å²) in [5.41, 5.74) is 0.879. The van der Waals surface area contributed by atoms with Crippen molar-refractivity contribution in [1.82, 2.24) is 5.32 Å². The van der Waals surface area contributed by atoms with Gasteiger partial charge in [-0.05, 0) is 30.7 Å². The Labute approximate surface area is 118 Å². The van der Waals surface area contributed by atoms with Crippen LogP contribution in [0.15, 0.2) is 30.3 Å². The fraction of sp³-hybridized carbons (Fsp3) is 0.333. The molecule has 1 N–H and O–H groups in total. The normalized spacial score (nSPS) is 11.8. The first-order valence-corrected chi connectivity index (χ1v) is 6.23. The van der Waals surface area contributed by atoms with E-state index in [1.165, 1.54) is 6.08 Å². The van der Waals surface area contributed by atoms with Crippen LogP contribution in [0.5, 0.6) is 5.75 Å². The molecule has 1 rings (SSSR count). The van der Waals surface area contributed by atoms with E-state index in [2.05, 4.69) is 5.32 Å². The van der Waals surface area contributed by atoms with Crippen molar-refractivity contribution in [2.45, 2.75) is 13.0 Å². The number of rotatable bonds is 7. The van der Waals surface area contributed by atoms with E-state index >= 15 is 0 Å². The third-order valence-corrected chi connectivity index (χ3v) is 2.42. The van der Waals surface area contributed by atoms with Crippen molar-refractivity contribution in [2.24, 2.45) is 0 Å². The van der Waals surface area contributed by atoms with Crippen molar-refractivity contribution in [3.8, 4) is 11.8 Å². The van der Waals surface area contributed by atoms with Gasteiger partial charge in [-0.1, -0.05) is 12.1 Å². The van der Waals surface area contributed by atoms with E-state index in [1.807, 2.05) is 25.1 Å². The van der Waals surface area contributed by atoms with Crippen molar-refractivity contribution in [3.63, 3.8) is 0 Å². The molecule has 0 bridgehead atoms. The highest BCUT2D eigenvalue weighted by Crippen LogP contribution is 2.12. The van der Waals surface area contributed by atoms with Gasteiger partial charge in [0.15, 0.2) is 6.61 Å². The number of hydrogen-bond donors (Lipinski definition) is 1. The average molecular weight is 274 g/mol. The van der Waals surface area contributed by atoms with Crippen molar-refractivity contribution < 1.29 is 14.3 Å². The van der Waals surface area contributed by atoms with Crippen LogP contribution in [-0.4, -0.2) is 32.3 Å². The smallest absolute Gasteiger partial charge is 0.244 e. The quantitative estimate of drug-likeness (QED) is 0.769. The lowest BCUT2D eigenvalue weighted by molar-refractivity contribution is -0.117. The van der Waals surface area contributed by atoms with Gasteiger partial charge in [0.1, 0.15) is 11.8 Å². The van der Waals surface area contributed by atoms with E-state index in [-0.39, 0.29) is 18.6 Å². The van der Waals surface area contributed by atoms with Crippen LogP contribution in [0.2, 0.25) is 0 Å². The van der Waals surface area contributed by atoms with Crippen molar-refractivity contribution >= 4 is 12.0 Å². The molecule has 20 heavy (non-hydrogen) atoms. The second-order valence-electron chi connectivity index (χ2n) is 4.21. The molecule has 106 valence electrons. The molecular weight excluding hydrogens is 256 g/mol. The van der Waals surface area contributed by atoms with Crippen molar-refractivity contribution in [3.05, 3.63) is 35.9 Å². The largest absolute Gasteiger partial charge is 0.479 e. The third kappa shape index (κ3) is 6.03. The summed E-state index contributed by atoms with van der Waals surface area (Å²) in [4.78, 5) is 11.6. The van der Waals surface area contributed by atoms with Gasteiger partial charge >= 0.3 is 0 Å². The van der Waals surface area contributed by atoms with E-state index in [0.29, 0.717) is 12.4 Å². The number of nitrogens with one attached hydrogen (secondary N) is 1. The lowest BCUT2D eigenvalue weighted by Gasteiger charge is -2.10. The van der Waals surface area contributed by atoms with Gasteiger partial charge in [-0.25, -0.2) is 0 Å². The van der Waals surface area contributed by atoms with Crippen LogP contribution in [-0.2, 0) is 9.53 Å². The highest BCUT2D eigenvalue weighted by atomic mass is 16.5. The maximum absolute atomic E-state index is 11.6. The summed E-state index contributed by atoms with van der Waals surface area (Å²) < 4.78 is 10.1. The minimum absolute atomic E-state index is 0.0228. The molecule has 0 aliphatic carbocycles. The third-order valence-electron chi connectivity index (χ3n) is 2.42. The molecule has 0 aliphatic rings. The van der Waals surface area contributed by atoms with E-state index < -0.39 is 0 Å². The molecule has 1 atom stereocenters. The molecule has 0 aliphatic heterocycles. The molecule has 1 aromatic rings. The minimum atomic E-state index is -0.167. The predicted octanol–water partition coefficient (Wildman–Crippen LogP) is 1.75. The number of nitrogens with zero attached hydrogens (tertiary/aromatic N) is 1. The van der Waals surface area contributed by atoms with Crippen LogP contribution in [0.1, 0.15) is 12.5 Å². The summed E-state index contributed by atoms with van der Waals surface area (Å²) in [6, 6.07) is 9.01. The fourth-order valence-electron chi connectivity index (χ4n) is 1.55. The molecule has 0 saturated carbocycles. The van der Waals surface area contributed by atoms with E-state index in [9.17, 15) is 4.79 Å². The highest BCUT2D eigenvalue weighted by molar-refractivity contribution is 5.91. The van der Waals surface area contributed by atoms with E-state index in [1.54, 1.807) is 25.3 Å². The molecule has 0 spiro atoms. The number of benzene rings is 1. The zero-order valence-corrected chi connectivity index (χ0v) is 11.6. The molecule has 0 fully saturated rings. The Morgan fingerprint density at radius 2 is 2.15 bits per heavy atom. The predicted molar refractivity (Wildman–Crippen MR) is 76.1 cm³/mol. The molecule has 0 saturated heterocycles. The first-order valence-electron chi connectivity index (χ1n) is 6.23. The molecular formula is C15H18N2O3. The topological polar surface area (TPSA) is 71.3 Å². The van der Waals surface area contributed by atoms with Gasteiger partial charge in [-0.15, -0.1) is 0 Å². The monoisotopic (exact) mass is 274 g/mol. The first-order chi connectivity index (χ1) is 9.65. The van der Waals surface area contributed by atoms with Gasteiger partial charge in [0.2, 0.25) is 5.91 Å². The van der Waals surface area contributed by atoms with Crippen LogP contribution in [0.3, 0.4) is 0 Å². The number of methoxy groups -OCH3 is 1. The fourth-order valence-corrected chi connectivity index (χ4v) is 1.55. The Hall–Kier alpha value is -2.32. The SMILES string of the molecule is COCC(C)NC(=O)/C=C/c1ccc(OCC#N)cc1. The van der Waals surface area contributed by atoms with Crippen molar-refractivity contribution in [1.29, 1.82) is 5.26 Å². The van der Waals surface area contributed by atoms with Crippen LogP contribution in [0, 0.1) is 11.3 Å². The Kier molecular flexibility index (Phi) is 6.87. The van der Waals surface area contributed by atoms with Gasteiger partial charge in [0, 0.05) is 19.2 Å². The average Bonchev–Trinajstić information content (AvgIpc) is 2.44. The standard InChI is InChI=1S/C15H18N2O3/c1-12(11-19-2)17-15(18)8-5-13-3-6-14(7-4-13)20-10-9-16/h3-8,12H,10-11H2,1-2H3,(H,17,18)/b8-5+. The molecule has 1 unspecified atom stereocenters. The summed E-state index contributed by atoms with van der Waals surface area (Å²) in [7, 11) is 1.59. The zero-order valence-electron chi connectivity index (χ0n) is 11.6. The van der Waals surface area contributed by atoms with Crippen LogP contribution in [0.25, 0.3) is 6.08 Å². The second kappa shape index (κ2) is 8.73. The summed E-state index contributed by atoms with van der Waals surface area (Å²) >= 11 is 0. The molecule has 0 heterocycles. The van der Waals surface area contributed by atoms with Gasteiger partial charge in [0.05, 0.1) is 6.61 Å². The number of hydrogen-bond acceptors (Lipinski definition) is 4. The summed E-state index contributed by atoms with van der Waals surface area (Å²) in [5, 5.41) is 11.2. The van der Waals surface area contributed by atoms with E-state index in [0.717, 1.165) is 5.56 Å². The summed E-state index contributed by atoms with van der Waals surface area (Å²) in [5.74, 6) is 0.459. The van der Waals surface area contributed by atoms with Gasteiger partial charge in [-0.3, -0.25) is 4.79 Å². The van der Waals surface area contributed by atoms with E-state index in [4.69, 9.17) is 14.7 Å². The van der Waals surface area contributed by atoms with Crippen molar-refractivity contribution in [2.75, 3.05) is 20.3 Å². The molecule has 0 radical (unpaired) electrons. The Balaban J connectivity index is 2.49. The van der Waals surface area contributed by atoms with Gasteiger partial charge in [0.25, 0.3) is 0 Å². The lowest BCUT2D eigenvalue weighted by Crippen LogP contribution is -2.34. The van der Waals surface area contributed by atoms with Gasteiger partial charge in [-0.2, -0.15) is 5.26 Å². The maximum Gasteiger partial charge on any atom is 0.244 e. The molecule has 5 nitrogen and oxygen atoms in total. The van der Waals surface area contributed by atoms with Gasteiger partial charge < -0.3 is 14.8 Å². The Morgan fingerprint density at radius 1 is 1.45 bits per heavy atom. The number of amides is 1. The summed E-state index contributed by atoms with van der Waals surface area (Å²) in [6.45, 7) is 2.37. The molecule has 5 heteroatoms. The second-order valence-corrected chi connectivity index (χ2v) is 4.21. The zero-order chi connectivity index (χ0) is 14.8. The molecule has 1 amide bonds. The molecule has 1 aromatic carbocycles. The maximum atomic E-state index is 11.6. The highest BCUT2D eigenvalue weighted by Gasteiger charge is 2.03. The van der Waals surface area contributed by atoms with Crippen LogP contribution in [0.4, 0.5) is 0 Å².